The molecule has 1 saturated heterocycles. The Hall–Kier alpha value is -3.43. The Morgan fingerprint density at radius 1 is 1.16 bits per heavy atom. The molecule has 2 aliphatic heterocycles. The Labute approximate surface area is 176 Å². The largest absolute Gasteiger partial charge is 0.497 e. The minimum Gasteiger partial charge on any atom is -0.497 e. The number of hydrogen-bond donors (Lipinski definition) is 1. The van der Waals surface area contributed by atoms with E-state index in [2.05, 4.69) is 5.32 Å². The van der Waals surface area contributed by atoms with Gasteiger partial charge in [-0.1, -0.05) is 0 Å². The van der Waals surface area contributed by atoms with Gasteiger partial charge in [0.1, 0.15) is 17.6 Å². The van der Waals surface area contributed by atoms with E-state index in [-0.39, 0.29) is 30.4 Å². The van der Waals surface area contributed by atoms with Crippen molar-refractivity contribution < 1.29 is 32.2 Å². The van der Waals surface area contributed by atoms with Gasteiger partial charge in [-0.05, 0) is 42.5 Å². The maximum Gasteiger partial charge on any atom is 0.416 e. The fourth-order valence-electron chi connectivity index (χ4n) is 3.77. The summed E-state index contributed by atoms with van der Waals surface area (Å²) in [6.45, 7) is 0.375. The average molecular weight is 435 g/mol. The molecule has 1 fully saturated rings. The molecule has 0 aliphatic carbocycles. The van der Waals surface area contributed by atoms with Crippen molar-refractivity contribution in [2.24, 2.45) is 0 Å². The van der Waals surface area contributed by atoms with Crippen LogP contribution in [0.3, 0.4) is 0 Å². The third kappa shape index (κ3) is 3.97. The monoisotopic (exact) mass is 435 g/mol. The summed E-state index contributed by atoms with van der Waals surface area (Å²) in [5, 5.41) is 2.78. The van der Waals surface area contributed by atoms with E-state index in [1.54, 1.807) is 31.4 Å². The lowest BCUT2D eigenvalue weighted by molar-refractivity contribution is -0.137. The molecule has 2 heterocycles. The Morgan fingerprint density at radius 3 is 2.52 bits per heavy atom. The number of carbonyl (C=O) groups excluding carboxylic acids is 2. The van der Waals surface area contributed by atoms with Crippen molar-refractivity contribution in [3.05, 3.63) is 53.6 Å². The molecule has 0 saturated carbocycles. The molecule has 2 aromatic carbocycles. The number of anilines is 1. The zero-order valence-electron chi connectivity index (χ0n) is 16.8. The van der Waals surface area contributed by atoms with Crippen molar-refractivity contribution in [2.45, 2.75) is 18.3 Å². The lowest BCUT2D eigenvalue weighted by atomic mass is 10.1. The van der Waals surface area contributed by atoms with Gasteiger partial charge in [-0.3, -0.25) is 4.79 Å². The van der Waals surface area contributed by atoms with Gasteiger partial charge in [0.2, 0.25) is 0 Å². The number of likely N-dealkylation sites (N-methyl/N-ethyl adjacent to an activating group) is 1. The molecule has 2 aliphatic rings. The number of nitrogens with zero attached hydrogens (tertiary/aromatic N) is 2. The van der Waals surface area contributed by atoms with Crippen LogP contribution in [0, 0.1) is 0 Å². The van der Waals surface area contributed by atoms with Gasteiger partial charge in [0.15, 0.2) is 0 Å². The highest BCUT2D eigenvalue weighted by Gasteiger charge is 2.44. The summed E-state index contributed by atoms with van der Waals surface area (Å²) in [5.41, 5.74) is -0.474. The molecule has 0 spiro atoms. The lowest BCUT2D eigenvalue weighted by Gasteiger charge is -2.25. The Bertz CT molecular complexity index is 1010. The molecule has 164 valence electrons. The van der Waals surface area contributed by atoms with Crippen LogP contribution in [0.5, 0.6) is 11.5 Å². The van der Waals surface area contributed by atoms with Gasteiger partial charge < -0.3 is 24.6 Å². The van der Waals surface area contributed by atoms with Crippen LogP contribution in [0.2, 0.25) is 0 Å². The SMILES string of the molecule is COc1ccc(NC(=O)N2CC3Oc4ccc(C(F)(F)F)cc4C(=O)N(C)C3C2)cc1. The van der Waals surface area contributed by atoms with E-state index in [0.717, 1.165) is 18.2 Å². The number of carbonyl (C=O) groups is 2. The molecular weight excluding hydrogens is 415 g/mol. The molecule has 31 heavy (non-hydrogen) atoms. The summed E-state index contributed by atoms with van der Waals surface area (Å²) in [4.78, 5) is 28.4. The third-order valence-electron chi connectivity index (χ3n) is 5.50. The van der Waals surface area contributed by atoms with Crippen molar-refractivity contribution >= 4 is 17.6 Å². The number of likely N-dealkylation sites (tertiary alicyclic amines) is 1. The first kappa shape index (κ1) is 20.8. The third-order valence-corrected chi connectivity index (χ3v) is 5.50. The van der Waals surface area contributed by atoms with Crippen LogP contribution in [-0.4, -0.2) is 61.1 Å². The number of methoxy groups -OCH3 is 1. The minimum atomic E-state index is -4.56. The van der Waals surface area contributed by atoms with Crippen LogP contribution < -0.4 is 14.8 Å². The molecule has 2 aromatic rings. The molecule has 0 bridgehead atoms. The predicted molar refractivity (Wildman–Crippen MR) is 105 cm³/mol. The first-order chi connectivity index (χ1) is 14.7. The molecule has 4 rings (SSSR count). The molecule has 0 radical (unpaired) electrons. The first-order valence-electron chi connectivity index (χ1n) is 9.52. The standard InChI is InChI=1S/C21H20F3N3O4/c1-26-16-10-27(20(29)25-13-4-6-14(30-2)7-5-13)11-18(16)31-17-8-3-12(21(22,23)24)9-15(17)19(26)28/h3-9,16,18H,10-11H2,1-2H3,(H,25,29). The van der Waals surface area contributed by atoms with Crippen LogP contribution in [0.15, 0.2) is 42.5 Å². The second-order valence-corrected chi connectivity index (χ2v) is 7.41. The fraction of sp³-hybridized carbons (Fsp3) is 0.333. The first-order valence-corrected chi connectivity index (χ1v) is 9.52. The Kier molecular flexibility index (Phi) is 5.16. The van der Waals surface area contributed by atoms with Crippen molar-refractivity contribution in [1.82, 2.24) is 9.80 Å². The van der Waals surface area contributed by atoms with Gasteiger partial charge in [-0.15, -0.1) is 0 Å². The number of benzene rings is 2. The van der Waals surface area contributed by atoms with Gasteiger partial charge in [0.05, 0.1) is 30.8 Å². The van der Waals surface area contributed by atoms with E-state index >= 15 is 0 Å². The smallest absolute Gasteiger partial charge is 0.416 e. The predicted octanol–water partition coefficient (Wildman–Crippen LogP) is 3.46. The normalized spacial score (nSPS) is 20.5. The quantitative estimate of drug-likeness (QED) is 0.785. The zero-order valence-corrected chi connectivity index (χ0v) is 16.8. The number of ether oxygens (including phenoxy) is 2. The molecule has 7 nitrogen and oxygen atoms in total. The maximum absolute atomic E-state index is 13.1. The van der Waals surface area contributed by atoms with Gasteiger partial charge in [0, 0.05) is 19.3 Å². The van der Waals surface area contributed by atoms with Crippen LogP contribution in [0.1, 0.15) is 15.9 Å². The number of fused-ring (bicyclic) bond motifs is 2. The summed E-state index contributed by atoms with van der Waals surface area (Å²) in [6.07, 6.45) is -5.12. The second-order valence-electron chi connectivity index (χ2n) is 7.41. The van der Waals surface area contributed by atoms with Gasteiger partial charge in [-0.25, -0.2) is 4.79 Å². The Balaban J connectivity index is 1.51. The van der Waals surface area contributed by atoms with Crippen molar-refractivity contribution in [3.8, 4) is 11.5 Å². The number of halogens is 3. The number of amides is 3. The van der Waals surface area contributed by atoms with E-state index in [0.29, 0.717) is 11.4 Å². The van der Waals surface area contributed by atoms with E-state index in [9.17, 15) is 22.8 Å². The minimum absolute atomic E-state index is 0.0785. The van der Waals surface area contributed by atoms with Crippen LogP contribution >= 0.6 is 0 Å². The van der Waals surface area contributed by atoms with Gasteiger partial charge in [0.25, 0.3) is 5.91 Å². The molecule has 2 unspecified atom stereocenters. The topological polar surface area (TPSA) is 71.1 Å². The molecule has 1 N–H and O–H groups in total. The molecule has 3 amide bonds. The van der Waals surface area contributed by atoms with E-state index in [1.165, 1.54) is 16.8 Å². The number of nitrogens with one attached hydrogen (secondary N) is 1. The fourth-order valence-corrected chi connectivity index (χ4v) is 3.77. The highest BCUT2D eigenvalue weighted by molar-refractivity contribution is 5.98. The summed E-state index contributed by atoms with van der Waals surface area (Å²) >= 11 is 0. The van der Waals surface area contributed by atoms with Gasteiger partial charge >= 0.3 is 12.2 Å². The van der Waals surface area contributed by atoms with Crippen molar-refractivity contribution in [3.63, 3.8) is 0 Å². The maximum atomic E-state index is 13.1. The molecule has 10 heteroatoms. The van der Waals surface area contributed by atoms with E-state index < -0.39 is 29.8 Å². The summed E-state index contributed by atoms with van der Waals surface area (Å²) in [7, 11) is 3.05. The van der Waals surface area contributed by atoms with Crippen LogP contribution in [-0.2, 0) is 6.18 Å². The highest BCUT2D eigenvalue weighted by Crippen LogP contribution is 2.36. The van der Waals surface area contributed by atoms with Crippen LogP contribution in [0.4, 0.5) is 23.7 Å². The van der Waals surface area contributed by atoms with Crippen molar-refractivity contribution in [1.29, 1.82) is 0 Å². The molecule has 2 atom stereocenters. The number of rotatable bonds is 2. The second kappa shape index (κ2) is 7.68. The van der Waals surface area contributed by atoms with Crippen molar-refractivity contribution in [2.75, 3.05) is 32.6 Å². The lowest BCUT2D eigenvalue weighted by Crippen LogP contribution is -2.44. The Morgan fingerprint density at radius 2 is 1.87 bits per heavy atom. The average Bonchev–Trinajstić information content (AvgIpc) is 3.13. The molecular formula is C21H20F3N3O4. The summed E-state index contributed by atoms with van der Waals surface area (Å²) in [6, 6.07) is 8.82. The number of alkyl halides is 3. The van der Waals surface area contributed by atoms with Crippen LogP contribution in [0.25, 0.3) is 0 Å². The van der Waals surface area contributed by atoms with E-state index in [4.69, 9.17) is 9.47 Å². The zero-order chi connectivity index (χ0) is 22.3. The highest BCUT2D eigenvalue weighted by atomic mass is 19.4. The summed E-state index contributed by atoms with van der Waals surface area (Å²) in [5.74, 6) is 0.156. The number of urea groups is 1. The van der Waals surface area contributed by atoms with E-state index in [1.807, 2.05) is 0 Å². The van der Waals surface area contributed by atoms with Gasteiger partial charge in [-0.2, -0.15) is 13.2 Å². The number of hydrogen-bond acceptors (Lipinski definition) is 4. The molecule has 0 aromatic heterocycles. The summed E-state index contributed by atoms with van der Waals surface area (Å²) < 4.78 is 50.1.